The molecule has 2 heterocycles. The fourth-order valence-corrected chi connectivity index (χ4v) is 5.71. The Kier molecular flexibility index (Phi) is 12.8. The molecule has 0 spiro atoms. The number of carbonyl (C=O) groups excluding carboxylic acids is 2. The summed E-state index contributed by atoms with van der Waals surface area (Å²) in [6.45, 7) is 9.07. The average Bonchev–Trinajstić information content (AvgIpc) is 3.53. The summed E-state index contributed by atoms with van der Waals surface area (Å²) in [4.78, 5) is 29.9. The molecule has 2 aliphatic rings. The van der Waals surface area contributed by atoms with Gasteiger partial charge in [-0.05, 0) is 75.9 Å². The first-order valence-electron chi connectivity index (χ1n) is 14.5. The van der Waals surface area contributed by atoms with Crippen LogP contribution in [0.3, 0.4) is 0 Å². The molecule has 202 valence electrons. The molecule has 0 saturated carbocycles. The highest BCUT2D eigenvalue weighted by Gasteiger charge is 2.25. The largest absolute Gasteiger partial charge is 0.461 e. The maximum Gasteiger partial charge on any atom is 0.338 e. The number of rotatable bonds is 16. The zero-order chi connectivity index (χ0) is 25.6. The SMILES string of the molecule is CCCCCC1CCCN1CCOC(=O)c1ccc(C(=O)OCCN2CCCC2CCCCC)cc1. The number of esters is 2. The van der Waals surface area contributed by atoms with Crippen LogP contribution in [0.25, 0.3) is 0 Å². The van der Waals surface area contributed by atoms with E-state index in [1.54, 1.807) is 24.3 Å². The van der Waals surface area contributed by atoms with Gasteiger partial charge in [-0.25, -0.2) is 9.59 Å². The van der Waals surface area contributed by atoms with Gasteiger partial charge in [-0.2, -0.15) is 0 Å². The molecule has 2 aliphatic heterocycles. The number of likely N-dealkylation sites (tertiary alicyclic amines) is 2. The van der Waals surface area contributed by atoms with Gasteiger partial charge in [0.05, 0.1) is 11.1 Å². The number of benzene rings is 1. The summed E-state index contributed by atoms with van der Waals surface area (Å²) in [6.07, 6.45) is 15.1. The van der Waals surface area contributed by atoms with Crippen molar-refractivity contribution in [1.29, 1.82) is 0 Å². The normalized spacial score (nSPS) is 20.6. The van der Waals surface area contributed by atoms with Crippen LogP contribution in [-0.4, -0.2) is 73.2 Å². The standard InChI is InChI=1S/C30H48N2O4/c1-3-5-7-11-27-13-9-19-31(27)21-23-35-29(33)25-15-17-26(18-16-25)30(34)36-24-22-32-20-10-14-28(32)12-8-6-4-2/h15-18,27-28H,3-14,19-24H2,1-2H3. The Bertz CT molecular complexity index is 717. The maximum absolute atomic E-state index is 12.5. The van der Waals surface area contributed by atoms with Crippen LogP contribution in [0.4, 0.5) is 0 Å². The second kappa shape index (κ2) is 16.0. The molecule has 3 rings (SSSR count). The van der Waals surface area contributed by atoms with Gasteiger partial charge >= 0.3 is 11.9 Å². The monoisotopic (exact) mass is 500 g/mol. The summed E-state index contributed by atoms with van der Waals surface area (Å²) >= 11 is 0. The van der Waals surface area contributed by atoms with E-state index in [9.17, 15) is 9.59 Å². The van der Waals surface area contributed by atoms with Crippen LogP contribution < -0.4 is 0 Å². The molecule has 1 aromatic carbocycles. The quantitative estimate of drug-likeness (QED) is 0.202. The zero-order valence-electron chi connectivity index (χ0n) is 22.7. The minimum Gasteiger partial charge on any atom is -0.461 e. The van der Waals surface area contributed by atoms with Crippen molar-refractivity contribution in [1.82, 2.24) is 9.80 Å². The van der Waals surface area contributed by atoms with E-state index in [0.29, 0.717) is 36.4 Å². The first kappa shape index (κ1) is 28.6. The van der Waals surface area contributed by atoms with E-state index in [4.69, 9.17) is 9.47 Å². The van der Waals surface area contributed by atoms with Crippen molar-refractivity contribution < 1.29 is 19.1 Å². The van der Waals surface area contributed by atoms with Crippen LogP contribution in [0.1, 0.15) is 112 Å². The first-order chi connectivity index (χ1) is 17.6. The van der Waals surface area contributed by atoms with Gasteiger partial charge < -0.3 is 9.47 Å². The molecule has 0 aliphatic carbocycles. The van der Waals surface area contributed by atoms with Crippen molar-refractivity contribution in [3.05, 3.63) is 35.4 Å². The van der Waals surface area contributed by atoms with Crippen LogP contribution in [0, 0.1) is 0 Å². The highest BCUT2D eigenvalue weighted by atomic mass is 16.5. The van der Waals surface area contributed by atoms with Crippen LogP contribution in [0.2, 0.25) is 0 Å². The molecule has 0 N–H and O–H groups in total. The summed E-state index contributed by atoms with van der Waals surface area (Å²) in [5.74, 6) is -0.667. The number of nitrogens with zero attached hydrogens (tertiary/aromatic N) is 2. The number of carbonyl (C=O) groups is 2. The second-order valence-corrected chi connectivity index (χ2v) is 10.5. The lowest BCUT2D eigenvalue weighted by Gasteiger charge is -2.24. The van der Waals surface area contributed by atoms with Crippen molar-refractivity contribution in [3.63, 3.8) is 0 Å². The van der Waals surface area contributed by atoms with Gasteiger partial charge in [0.2, 0.25) is 0 Å². The summed E-state index contributed by atoms with van der Waals surface area (Å²) < 4.78 is 11.1. The Labute approximate surface area is 218 Å². The topological polar surface area (TPSA) is 59.1 Å². The molecule has 0 radical (unpaired) electrons. The number of unbranched alkanes of at least 4 members (excludes halogenated alkanes) is 4. The summed E-state index contributed by atoms with van der Waals surface area (Å²) in [7, 11) is 0. The van der Waals surface area contributed by atoms with E-state index in [0.717, 1.165) is 26.2 Å². The van der Waals surface area contributed by atoms with E-state index < -0.39 is 0 Å². The molecule has 1 aromatic rings. The molecule has 2 saturated heterocycles. The highest BCUT2D eigenvalue weighted by Crippen LogP contribution is 2.23. The Hall–Kier alpha value is -1.92. The van der Waals surface area contributed by atoms with Crippen molar-refractivity contribution in [2.24, 2.45) is 0 Å². The smallest absolute Gasteiger partial charge is 0.338 e. The summed E-state index contributed by atoms with van der Waals surface area (Å²) in [5, 5.41) is 0. The Morgan fingerprint density at radius 1 is 0.722 bits per heavy atom. The molecule has 2 fully saturated rings. The predicted octanol–water partition coefficient (Wildman–Crippen LogP) is 6.09. The molecule has 0 amide bonds. The van der Waals surface area contributed by atoms with Crippen LogP contribution in [0.15, 0.2) is 24.3 Å². The van der Waals surface area contributed by atoms with Crippen LogP contribution in [-0.2, 0) is 9.47 Å². The third-order valence-corrected chi connectivity index (χ3v) is 7.86. The van der Waals surface area contributed by atoms with Crippen LogP contribution in [0.5, 0.6) is 0 Å². The van der Waals surface area contributed by atoms with E-state index >= 15 is 0 Å². The lowest BCUT2D eigenvalue weighted by Crippen LogP contribution is -2.33. The van der Waals surface area contributed by atoms with Crippen molar-refractivity contribution in [3.8, 4) is 0 Å². The van der Waals surface area contributed by atoms with E-state index in [-0.39, 0.29) is 11.9 Å². The first-order valence-corrected chi connectivity index (χ1v) is 14.5. The number of ether oxygens (including phenoxy) is 2. The van der Waals surface area contributed by atoms with E-state index in [1.807, 2.05) is 0 Å². The fraction of sp³-hybridized carbons (Fsp3) is 0.733. The Morgan fingerprint density at radius 3 is 1.53 bits per heavy atom. The van der Waals surface area contributed by atoms with E-state index in [2.05, 4.69) is 23.6 Å². The minimum absolute atomic E-state index is 0.334. The molecular weight excluding hydrogens is 452 g/mol. The number of hydrogen-bond donors (Lipinski definition) is 0. The molecular formula is C30H48N2O4. The van der Waals surface area contributed by atoms with Crippen LogP contribution >= 0.6 is 0 Å². The highest BCUT2D eigenvalue weighted by molar-refractivity contribution is 5.93. The van der Waals surface area contributed by atoms with Crippen molar-refractivity contribution >= 4 is 11.9 Å². The molecule has 2 unspecified atom stereocenters. The van der Waals surface area contributed by atoms with Gasteiger partial charge in [-0.1, -0.05) is 52.4 Å². The van der Waals surface area contributed by atoms with Gasteiger partial charge in [-0.3, -0.25) is 9.80 Å². The Morgan fingerprint density at radius 2 is 1.14 bits per heavy atom. The van der Waals surface area contributed by atoms with Gasteiger partial charge in [0.1, 0.15) is 13.2 Å². The van der Waals surface area contributed by atoms with Crippen molar-refractivity contribution in [2.45, 2.75) is 103 Å². The number of hydrogen-bond acceptors (Lipinski definition) is 6. The van der Waals surface area contributed by atoms with Gasteiger partial charge in [-0.15, -0.1) is 0 Å². The fourth-order valence-electron chi connectivity index (χ4n) is 5.71. The van der Waals surface area contributed by atoms with Gasteiger partial charge in [0.25, 0.3) is 0 Å². The van der Waals surface area contributed by atoms with Gasteiger partial charge in [0.15, 0.2) is 0 Å². The molecule has 0 bridgehead atoms. The molecule has 36 heavy (non-hydrogen) atoms. The third kappa shape index (κ3) is 9.19. The average molecular weight is 501 g/mol. The minimum atomic E-state index is -0.334. The molecule has 6 nitrogen and oxygen atoms in total. The molecule has 6 heteroatoms. The van der Waals surface area contributed by atoms with Crippen molar-refractivity contribution in [2.75, 3.05) is 39.4 Å². The lowest BCUT2D eigenvalue weighted by molar-refractivity contribution is 0.0439. The molecule has 2 atom stereocenters. The maximum atomic E-state index is 12.5. The molecule has 0 aromatic heterocycles. The van der Waals surface area contributed by atoms with E-state index in [1.165, 1.54) is 77.0 Å². The summed E-state index contributed by atoms with van der Waals surface area (Å²) in [5.41, 5.74) is 0.943. The third-order valence-electron chi connectivity index (χ3n) is 7.86. The Balaban J connectivity index is 1.34. The zero-order valence-corrected chi connectivity index (χ0v) is 22.7. The summed E-state index contributed by atoms with van der Waals surface area (Å²) in [6, 6.07) is 7.91. The lowest BCUT2D eigenvalue weighted by atomic mass is 10.1. The predicted molar refractivity (Wildman–Crippen MR) is 144 cm³/mol. The second-order valence-electron chi connectivity index (χ2n) is 10.5. The van der Waals surface area contributed by atoms with Gasteiger partial charge in [0, 0.05) is 25.2 Å².